The largest absolute Gasteiger partial charge is 0.272 e. The molecule has 0 bridgehead atoms. The SMILES string of the molecule is C=CC=Cc1ccccc1.CCCCCP(CCCCC)(CCCCC)=NC1=CC=CC1.[Ti]. The molecule has 0 atom stereocenters. The quantitative estimate of drug-likeness (QED) is 0.0981. The van der Waals surface area contributed by atoms with E-state index in [1.807, 2.05) is 30.4 Å². The van der Waals surface area contributed by atoms with Crippen molar-refractivity contribution in [3.8, 4) is 0 Å². The first kappa shape index (κ1) is 32.1. The smallest absolute Gasteiger partial charge is 0.0425 e. The zero-order valence-electron chi connectivity index (χ0n) is 21.6. The molecule has 2 rings (SSSR count). The molecule has 1 aromatic rings. The number of hydrogen-bond donors (Lipinski definition) is 0. The van der Waals surface area contributed by atoms with E-state index in [2.05, 4.69) is 57.7 Å². The van der Waals surface area contributed by atoms with E-state index in [1.54, 1.807) is 6.08 Å². The molecule has 0 heterocycles. The average Bonchev–Trinajstić information content (AvgIpc) is 3.32. The van der Waals surface area contributed by atoms with Crippen LogP contribution in [0.25, 0.3) is 6.08 Å². The minimum atomic E-state index is -1.12. The number of benzene rings is 1. The third-order valence-electron chi connectivity index (χ3n) is 5.85. The van der Waals surface area contributed by atoms with Gasteiger partial charge in [0.05, 0.1) is 0 Å². The van der Waals surface area contributed by atoms with Gasteiger partial charge in [0.25, 0.3) is 0 Å². The Morgan fingerprint density at radius 3 is 1.82 bits per heavy atom. The summed E-state index contributed by atoms with van der Waals surface area (Å²) in [7, 11) is -1.12. The minimum absolute atomic E-state index is 0. The van der Waals surface area contributed by atoms with Crippen molar-refractivity contribution in [2.75, 3.05) is 18.5 Å². The molecule has 0 radical (unpaired) electrons. The number of hydrogen-bond acceptors (Lipinski definition) is 1. The topological polar surface area (TPSA) is 12.4 Å². The van der Waals surface area contributed by atoms with Gasteiger partial charge in [-0.15, -0.1) is 0 Å². The summed E-state index contributed by atoms with van der Waals surface area (Å²) in [4.78, 5) is 0. The molecule has 1 aliphatic rings. The van der Waals surface area contributed by atoms with Crippen molar-refractivity contribution in [2.24, 2.45) is 4.74 Å². The number of unbranched alkanes of at least 4 members (excludes halogenated alkanes) is 6. The monoisotopic (exact) mass is 501 g/mol. The van der Waals surface area contributed by atoms with Crippen LogP contribution < -0.4 is 0 Å². The van der Waals surface area contributed by atoms with Gasteiger partial charge in [0.2, 0.25) is 0 Å². The van der Waals surface area contributed by atoms with Crippen molar-refractivity contribution in [1.82, 2.24) is 0 Å². The molecule has 33 heavy (non-hydrogen) atoms. The summed E-state index contributed by atoms with van der Waals surface area (Å²) >= 11 is 0. The zero-order valence-corrected chi connectivity index (χ0v) is 24.1. The molecule has 0 aliphatic heterocycles. The predicted octanol–water partition coefficient (Wildman–Crippen LogP) is 10.5. The maximum atomic E-state index is 5.43. The van der Waals surface area contributed by atoms with Gasteiger partial charge in [-0.1, -0.05) is 127 Å². The van der Waals surface area contributed by atoms with Crippen molar-refractivity contribution in [3.05, 3.63) is 78.6 Å². The van der Waals surface area contributed by atoms with Crippen LogP contribution in [0.1, 0.15) is 90.5 Å². The second kappa shape index (κ2) is 21.6. The Labute approximate surface area is 220 Å². The second-order valence-electron chi connectivity index (χ2n) is 8.78. The Bertz CT molecular complexity index is 713. The van der Waals surface area contributed by atoms with Gasteiger partial charge in [0.1, 0.15) is 0 Å². The Balaban J connectivity index is 0.000000779. The van der Waals surface area contributed by atoms with Crippen LogP contribution in [0.5, 0.6) is 0 Å². The van der Waals surface area contributed by atoms with Crippen molar-refractivity contribution < 1.29 is 21.7 Å². The van der Waals surface area contributed by atoms with E-state index in [0.29, 0.717) is 0 Å². The minimum Gasteiger partial charge on any atom is -0.272 e. The van der Waals surface area contributed by atoms with Crippen LogP contribution in [0.2, 0.25) is 0 Å². The average molecular weight is 502 g/mol. The maximum absolute atomic E-state index is 5.43. The molecule has 0 saturated carbocycles. The van der Waals surface area contributed by atoms with Gasteiger partial charge in [-0.3, -0.25) is 4.74 Å². The van der Waals surface area contributed by atoms with Crippen LogP contribution in [0.4, 0.5) is 0 Å². The first-order chi connectivity index (χ1) is 15.7. The van der Waals surface area contributed by atoms with Crippen LogP contribution in [0.15, 0.2) is 77.7 Å². The molecule has 1 aliphatic carbocycles. The van der Waals surface area contributed by atoms with Crippen molar-refractivity contribution in [2.45, 2.75) is 85.0 Å². The zero-order chi connectivity index (χ0) is 23.3. The number of allylic oxidation sites excluding steroid dienone is 5. The van der Waals surface area contributed by atoms with Gasteiger partial charge in [-0.2, -0.15) is 0 Å². The fraction of sp³-hybridized carbons (Fsp3) is 0.533. The van der Waals surface area contributed by atoms with Crippen molar-refractivity contribution in [3.63, 3.8) is 0 Å². The van der Waals surface area contributed by atoms with E-state index < -0.39 is 7.05 Å². The van der Waals surface area contributed by atoms with Crippen LogP contribution in [0.3, 0.4) is 0 Å². The van der Waals surface area contributed by atoms with E-state index in [0.717, 1.165) is 6.42 Å². The molecule has 182 valence electrons. The normalized spacial score (nSPS) is 12.6. The van der Waals surface area contributed by atoms with Crippen LogP contribution in [0, 0.1) is 0 Å². The van der Waals surface area contributed by atoms with Gasteiger partial charge in [-0.05, 0) is 56.4 Å². The third-order valence-corrected chi connectivity index (χ3v) is 9.98. The molecule has 0 aromatic heterocycles. The summed E-state index contributed by atoms with van der Waals surface area (Å²) < 4.78 is 5.43. The van der Waals surface area contributed by atoms with Gasteiger partial charge < -0.3 is 0 Å². The van der Waals surface area contributed by atoms with E-state index in [9.17, 15) is 0 Å². The van der Waals surface area contributed by atoms with E-state index in [-0.39, 0.29) is 21.7 Å². The van der Waals surface area contributed by atoms with E-state index in [4.69, 9.17) is 4.74 Å². The summed E-state index contributed by atoms with van der Waals surface area (Å²) in [5, 5.41) is 0. The summed E-state index contributed by atoms with van der Waals surface area (Å²) in [5.74, 6) is 0. The molecular weight excluding hydrogens is 453 g/mol. The van der Waals surface area contributed by atoms with Crippen LogP contribution in [-0.4, -0.2) is 18.5 Å². The van der Waals surface area contributed by atoms with Gasteiger partial charge in [0, 0.05) is 33.8 Å². The van der Waals surface area contributed by atoms with Gasteiger partial charge >= 0.3 is 0 Å². The number of nitrogens with zero attached hydrogens (tertiary/aromatic N) is 1. The van der Waals surface area contributed by atoms with Gasteiger partial charge in [-0.25, -0.2) is 0 Å². The fourth-order valence-corrected chi connectivity index (χ4v) is 8.08. The molecule has 0 N–H and O–H groups in total. The Hall–Kier alpha value is -0.876. The van der Waals surface area contributed by atoms with E-state index >= 15 is 0 Å². The summed E-state index contributed by atoms with van der Waals surface area (Å²) in [5.41, 5.74) is 2.58. The fourth-order valence-electron chi connectivity index (χ4n) is 3.98. The Morgan fingerprint density at radius 2 is 1.39 bits per heavy atom. The maximum Gasteiger partial charge on any atom is 0.0425 e. The molecular formula is C30H48NPTi. The third kappa shape index (κ3) is 15.6. The summed E-state index contributed by atoms with van der Waals surface area (Å²) in [6.07, 6.45) is 30.1. The molecule has 0 amide bonds. The summed E-state index contributed by atoms with van der Waals surface area (Å²) in [6.45, 7) is 10.5. The predicted molar refractivity (Wildman–Crippen MR) is 150 cm³/mol. The molecule has 0 saturated heterocycles. The number of rotatable bonds is 15. The Kier molecular flexibility index (Phi) is 21.1. The first-order valence-corrected chi connectivity index (χ1v) is 15.3. The van der Waals surface area contributed by atoms with E-state index in [1.165, 1.54) is 87.5 Å². The molecule has 0 unspecified atom stereocenters. The molecule has 1 nitrogen and oxygen atoms in total. The van der Waals surface area contributed by atoms with Crippen LogP contribution >= 0.6 is 7.05 Å². The van der Waals surface area contributed by atoms with Crippen molar-refractivity contribution >= 4 is 13.1 Å². The first-order valence-electron chi connectivity index (χ1n) is 13.0. The molecule has 3 heteroatoms. The Morgan fingerprint density at radius 1 is 0.848 bits per heavy atom. The van der Waals surface area contributed by atoms with Crippen molar-refractivity contribution in [1.29, 1.82) is 0 Å². The standard InChI is InChI=1S/C20H38NP.C10H10.Ti/c1-4-7-12-17-22(18-13-8-5-2,19-14-9-6-3)21-20-15-10-11-16-20;1-2-3-7-10-8-5-4-6-9-10;/h10-11,15H,4-9,12-14,16-19H2,1-3H3;2-9H,1H2;. The molecule has 0 spiro atoms. The summed E-state index contributed by atoms with van der Waals surface area (Å²) in [6, 6.07) is 10.1. The molecule has 0 fully saturated rings. The van der Waals surface area contributed by atoms with Gasteiger partial charge in [0.15, 0.2) is 0 Å². The second-order valence-corrected chi connectivity index (χ2v) is 12.5. The van der Waals surface area contributed by atoms with Crippen LogP contribution in [-0.2, 0) is 21.7 Å². The molecule has 1 aromatic carbocycles.